The van der Waals surface area contributed by atoms with Crippen molar-refractivity contribution in [2.75, 3.05) is 6.61 Å². The molecule has 0 radical (unpaired) electrons. The summed E-state index contributed by atoms with van der Waals surface area (Å²) < 4.78 is 31.5. The molecule has 0 aliphatic carbocycles. The van der Waals surface area contributed by atoms with Crippen LogP contribution < -0.4 is 0 Å². The second kappa shape index (κ2) is 8.88. The van der Waals surface area contributed by atoms with E-state index in [0.717, 1.165) is 22.8 Å². The molecule has 0 saturated heterocycles. The van der Waals surface area contributed by atoms with Crippen LogP contribution in [-0.4, -0.2) is 21.0 Å². The van der Waals surface area contributed by atoms with E-state index in [0.29, 0.717) is 5.56 Å². The molecule has 3 aromatic carbocycles. The molecular weight excluding hydrogens is 384 g/mol. The fourth-order valence-electron chi connectivity index (χ4n) is 2.91. The summed E-state index contributed by atoms with van der Waals surface area (Å²) in [4.78, 5) is 12.1. The van der Waals surface area contributed by atoms with Gasteiger partial charge in [-0.1, -0.05) is 72.3 Å². The van der Waals surface area contributed by atoms with Crippen molar-refractivity contribution in [2.24, 2.45) is 0 Å². The van der Waals surface area contributed by atoms with Gasteiger partial charge in [0.05, 0.1) is 16.4 Å². The quantitative estimate of drug-likeness (QED) is 0.425. The molecule has 3 rings (SSSR count). The number of sulfone groups is 1. The van der Waals surface area contributed by atoms with Gasteiger partial charge in [0.1, 0.15) is 0 Å². The summed E-state index contributed by atoms with van der Waals surface area (Å²) in [5.41, 5.74) is 3.36. The van der Waals surface area contributed by atoms with E-state index in [1.54, 1.807) is 43.3 Å². The van der Waals surface area contributed by atoms with Gasteiger partial charge in [-0.25, -0.2) is 13.2 Å². The van der Waals surface area contributed by atoms with E-state index >= 15 is 0 Å². The summed E-state index contributed by atoms with van der Waals surface area (Å²) in [5, 5.41) is 0. The van der Waals surface area contributed by atoms with Crippen LogP contribution in [0.1, 0.15) is 18.1 Å². The van der Waals surface area contributed by atoms with Crippen LogP contribution >= 0.6 is 0 Å². The molecule has 0 unspecified atom stereocenters. The van der Waals surface area contributed by atoms with E-state index in [2.05, 4.69) is 0 Å². The first kappa shape index (κ1) is 20.6. The third kappa shape index (κ3) is 4.81. The third-order valence-electron chi connectivity index (χ3n) is 4.43. The molecule has 3 aromatic rings. The molecule has 4 nitrogen and oxygen atoms in total. The molecule has 0 fully saturated rings. The summed E-state index contributed by atoms with van der Waals surface area (Å²) in [5.74, 6) is -0.690. The van der Waals surface area contributed by atoms with Crippen molar-refractivity contribution < 1.29 is 17.9 Å². The Balaban J connectivity index is 2.06. The van der Waals surface area contributed by atoms with E-state index in [1.165, 1.54) is 0 Å². The first-order valence-electron chi connectivity index (χ1n) is 9.28. The zero-order valence-corrected chi connectivity index (χ0v) is 17.1. The monoisotopic (exact) mass is 406 g/mol. The summed E-state index contributed by atoms with van der Waals surface area (Å²) in [6.45, 7) is 3.72. The second-order valence-electron chi connectivity index (χ2n) is 6.52. The Hall–Kier alpha value is -3.18. The van der Waals surface area contributed by atoms with Gasteiger partial charge in [0.25, 0.3) is 0 Å². The van der Waals surface area contributed by atoms with Gasteiger partial charge in [-0.15, -0.1) is 0 Å². The molecule has 0 aliphatic rings. The lowest BCUT2D eigenvalue weighted by Crippen LogP contribution is -2.08. The predicted molar refractivity (Wildman–Crippen MR) is 115 cm³/mol. The summed E-state index contributed by atoms with van der Waals surface area (Å²) in [6, 6.07) is 23.4. The Morgan fingerprint density at radius 3 is 2.03 bits per heavy atom. The SMILES string of the molecule is CCOC(=O)/C=C(/c1ccc(-c2ccccc2)cc1)S(=O)(=O)c1ccc(C)cc1. The highest BCUT2D eigenvalue weighted by molar-refractivity contribution is 8.00. The summed E-state index contributed by atoms with van der Waals surface area (Å²) in [6.07, 6.45) is 1.05. The maximum Gasteiger partial charge on any atom is 0.332 e. The fourth-order valence-corrected chi connectivity index (χ4v) is 4.36. The number of ether oxygens (including phenoxy) is 1. The van der Waals surface area contributed by atoms with Gasteiger partial charge in [0.15, 0.2) is 0 Å². The van der Waals surface area contributed by atoms with Crippen LogP contribution in [0.2, 0.25) is 0 Å². The zero-order valence-electron chi connectivity index (χ0n) is 16.3. The van der Waals surface area contributed by atoms with Gasteiger partial charge in [0, 0.05) is 6.08 Å². The average molecular weight is 407 g/mol. The van der Waals surface area contributed by atoms with E-state index in [-0.39, 0.29) is 16.4 Å². The average Bonchev–Trinajstić information content (AvgIpc) is 2.73. The Bertz CT molecular complexity index is 1110. The van der Waals surface area contributed by atoms with E-state index in [4.69, 9.17) is 4.74 Å². The summed E-state index contributed by atoms with van der Waals surface area (Å²) in [7, 11) is -3.90. The van der Waals surface area contributed by atoms with E-state index < -0.39 is 15.8 Å². The van der Waals surface area contributed by atoms with Crippen molar-refractivity contribution >= 4 is 20.7 Å². The van der Waals surface area contributed by atoms with Crippen molar-refractivity contribution in [2.45, 2.75) is 18.7 Å². The fraction of sp³-hybridized carbons (Fsp3) is 0.125. The van der Waals surface area contributed by atoms with Gasteiger partial charge in [0.2, 0.25) is 9.84 Å². The highest BCUT2D eigenvalue weighted by atomic mass is 32.2. The Morgan fingerprint density at radius 1 is 0.862 bits per heavy atom. The maximum absolute atomic E-state index is 13.3. The standard InChI is InChI=1S/C24H22O4S/c1-3-28-24(25)17-23(29(26,27)22-15-9-18(2)10-16-22)21-13-11-20(12-14-21)19-7-5-4-6-8-19/h4-17H,3H2,1-2H3/b23-17-. The van der Waals surface area contributed by atoms with Gasteiger partial charge in [-0.3, -0.25) is 0 Å². The number of hydrogen-bond acceptors (Lipinski definition) is 4. The molecule has 0 aromatic heterocycles. The molecular formula is C24H22O4S. The third-order valence-corrected chi connectivity index (χ3v) is 6.26. The minimum absolute atomic E-state index is 0.0839. The van der Waals surface area contributed by atoms with Crippen molar-refractivity contribution in [3.05, 3.63) is 96.1 Å². The normalized spacial score (nSPS) is 11.9. The number of hydrogen-bond donors (Lipinski definition) is 0. The minimum atomic E-state index is -3.90. The molecule has 0 spiro atoms. The molecule has 0 amide bonds. The molecule has 0 N–H and O–H groups in total. The number of benzene rings is 3. The van der Waals surface area contributed by atoms with Crippen molar-refractivity contribution in [1.82, 2.24) is 0 Å². The second-order valence-corrected chi connectivity index (χ2v) is 8.44. The van der Waals surface area contributed by atoms with Crippen molar-refractivity contribution in [3.8, 4) is 11.1 Å². The minimum Gasteiger partial charge on any atom is -0.463 e. The lowest BCUT2D eigenvalue weighted by molar-refractivity contribution is -0.137. The Morgan fingerprint density at radius 2 is 1.45 bits per heavy atom. The first-order chi connectivity index (χ1) is 13.9. The van der Waals surface area contributed by atoms with Gasteiger partial charge < -0.3 is 4.74 Å². The van der Waals surface area contributed by atoms with Crippen LogP contribution in [0.25, 0.3) is 16.0 Å². The molecule has 0 bridgehead atoms. The molecule has 5 heteroatoms. The van der Waals surface area contributed by atoms with E-state index in [1.807, 2.05) is 49.4 Å². The van der Waals surface area contributed by atoms with Gasteiger partial charge in [-0.05, 0) is 42.7 Å². The Labute approximate surface area is 171 Å². The topological polar surface area (TPSA) is 60.4 Å². The first-order valence-corrected chi connectivity index (χ1v) is 10.8. The number of rotatable bonds is 6. The van der Waals surface area contributed by atoms with Gasteiger partial charge in [-0.2, -0.15) is 0 Å². The van der Waals surface area contributed by atoms with Crippen LogP contribution in [0.3, 0.4) is 0 Å². The molecule has 0 heterocycles. The highest BCUT2D eigenvalue weighted by Gasteiger charge is 2.24. The Kier molecular flexibility index (Phi) is 6.29. The molecule has 0 aliphatic heterocycles. The maximum atomic E-state index is 13.3. The number of carbonyl (C=O) groups is 1. The number of aryl methyl sites for hydroxylation is 1. The smallest absolute Gasteiger partial charge is 0.332 e. The molecule has 29 heavy (non-hydrogen) atoms. The zero-order chi connectivity index (χ0) is 20.9. The predicted octanol–water partition coefficient (Wildman–Crippen LogP) is 5.04. The lowest BCUT2D eigenvalue weighted by atomic mass is 10.0. The lowest BCUT2D eigenvalue weighted by Gasteiger charge is -2.11. The van der Waals surface area contributed by atoms with Crippen LogP contribution in [0.5, 0.6) is 0 Å². The van der Waals surface area contributed by atoms with Crippen LogP contribution in [0.4, 0.5) is 0 Å². The summed E-state index contributed by atoms with van der Waals surface area (Å²) >= 11 is 0. The highest BCUT2D eigenvalue weighted by Crippen LogP contribution is 2.30. The van der Waals surface area contributed by atoms with E-state index in [9.17, 15) is 13.2 Å². The van der Waals surface area contributed by atoms with Crippen molar-refractivity contribution in [3.63, 3.8) is 0 Å². The van der Waals surface area contributed by atoms with Crippen molar-refractivity contribution in [1.29, 1.82) is 0 Å². The molecule has 148 valence electrons. The van der Waals surface area contributed by atoms with Crippen LogP contribution in [-0.2, 0) is 19.4 Å². The number of esters is 1. The van der Waals surface area contributed by atoms with Gasteiger partial charge >= 0.3 is 5.97 Å². The number of carbonyl (C=O) groups excluding carboxylic acids is 1. The van der Waals surface area contributed by atoms with Crippen LogP contribution in [0.15, 0.2) is 89.8 Å². The molecule has 0 atom stereocenters. The largest absolute Gasteiger partial charge is 0.463 e. The van der Waals surface area contributed by atoms with Crippen LogP contribution in [0, 0.1) is 6.92 Å². The molecule has 0 saturated carbocycles.